The number of carbonyl (C=O) groups excluding carboxylic acids is 1. The van der Waals surface area contributed by atoms with Gasteiger partial charge in [0.25, 0.3) is 5.91 Å². The molecule has 3 rings (SSSR count). The van der Waals surface area contributed by atoms with Crippen LogP contribution in [0.4, 0.5) is 0 Å². The van der Waals surface area contributed by atoms with Crippen molar-refractivity contribution in [2.24, 2.45) is 5.92 Å². The Hall–Kier alpha value is -1.36. The molecule has 0 spiro atoms. The quantitative estimate of drug-likeness (QED) is 0.911. The summed E-state index contributed by atoms with van der Waals surface area (Å²) in [6, 6.07) is 9.73. The first-order valence-electron chi connectivity index (χ1n) is 6.17. The van der Waals surface area contributed by atoms with Crippen molar-refractivity contribution in [1.29, 1.82) is 0 Å². The second-order valence-electron chi connectivity index (χ2n) is 4.61. The topological polar surface area (TPSA) is 54.0 Å². The van der Waals surface area contributed by atoms with E-state index in [-0.39, 0.29) is 30.7 Å². The van der Waals surface area contributed by atoms with Crippen molar-refractivity contribution >= 4 is 41.5 Å². The molecule has 0 atom stereocenters. The van der Waals surface area contributed by atoms with Gasteiger partial charge in [0.1, 0.15) is 5.69 Å². The van der Waals surface area contributed by atoms with Crippen molar-refractivity contribution in [3.63, 3.8) is 0 Å². The van der Waals surface area contributed by atoms with Gasteiger partial charge in [-0.05, 0) is 11.5 Å². The molecule has 1 aliphatic heterocycles. The Balaban J connectivity index is 0.000001000. The number of pyridine rings is 1. The third-order valence-electron chi connectivity index (χ3n) is 3.31. The molecule has 1 aromatic heterocycles. The summed E-state index contributed by atoms with van der Waals surface area (Å²) < 4.78 is 0. The van der Waals surface area contributed by atoms with Crippen molar-refractivity contribution in [3.05, 3.63) is 42.2 Å². The lowest BCUT2D eigenvalue weighted by Gasteiger charge is -2.27. The van der Waals surface area contributed by atoms with Gasteiger partial charge in [-0.2, -0.15) is 0 Å². The van der Waals surface area contributed by atoms with E-state index in [0.717, 1.165) is 30.4 Å². The maximum absolute atomic E-state index is 12.1. The molecular weight excluding hydrogens is 297 g/mol. The van der Waals surface area contributed by atoms with Crippen molar-refractivity contribution in [2.75, 3.05) is 19.6 Å². The van der Waals surface area contributed by atoms with Gasteiger partial charge >= 0.3 is 0 Å². The number of fused-ring (bicyclic) bond motifs is 1. The fourth-order valence-corrected chi connectivity index (χ4v) is 2.11. The van der Waals surface area contributed by atoms with Gasteiger partial charge in [0.2, 0.25) is 0 Å². The number of hydrogen-bond acceptors (Lipinski definition) is 3. The van der Waals surface area contributed by atoms with Crippen molar-refractivity contribution in [1.82, 2.24) is 15.6 Å². The molecule has 20 heavy (non-hydrogen) atoms. The van der Waals surface area contributed by atoms with Crippen LogP contribution in [0, 0.1) is 5.92 Å². The van der Waals surface area contributed by atoms with Crippen LogP contribution in [0.25, 0.3) is 10.8 Å². The van der Waals surface area contributed by atoms with Crippen molar-refractivity contribution < 1.29 is 4.79 Å². The minimum Gasteiger partial charge on any atom is -0.350 e. The molecule has 1 amide bonds. The van der Waals surface area contributed by atoms with E-state index in [1.54, 1.807) is 6.20 Å². The summed E-state index contributed by atoms with van der Waals surface area (Å²) in [4.78, 5) is 16.3. The Kier molecular flexibility index (Phi) is 6.20. The maximum Gasteiger partial charge on any atom is 0.270 e. The molecular formula is C14H17Cl2N3O. The fourth-order valence-electron chi connectivity index (χ4n) is 2.11. The van der Waals surface area contributed by atoms with Crippen LogP contribution in [-0.2, 0) is 0 Å². The highest BCUT2D eigenvalue weighted by Gasteiger charge is 2.18. The van der Waals surface area contributed by atoms with Crippen LogP contribution < -0.4 is 10.6 Å². The van der Waals surface area contributed by atoms with E-state index in [9.17, 15) is 4.79 Å². The lowest BCUT2D eigenvalue weighted by Crippen LogP contribution is -2.48. The number of aromatic nitrogens is 1. The molecule has 1 fully saturated rings. The zero-order chi connectivity index (χ0) is 12.4. The maximum atomic E-state index is 12.1. The predicted octanol–water partition coefficient (Wildman–Crippen LogP) is 2.03. The van der Waals surface area contributed by atoms with Gasteiger partial charge in [-0.3, -0.25) is 9.78 Å². The van der Waals surface area contributed by atoms with E-state index in [1.807, 2.05) is 30.3 Å². The standard InChI is InChI=1S/C14H15N3O.2ClH/c18-14(17-9-10-7-15-8-10)13-12-4-2-1-3-11(12)5-6-16-13;;/h1-6,10,15H,7-9H2,(H,17,18);2*1H. The Labute approximate surface area is 130 Å². The zero-order valence-corrected chi connectivity index (χ0v) is 12.5. The highest BCUT2D eigenvalue weighted by atomic mass is 35.5. The van der Waals surface area contributed by atoms with Crippen LogP contribution in [0.3, 0.4) is 0 Å². The minimum absolute atomic E-state index is 0. The van der Waals surface area contributed by atoms with Crippen LogP contribution in [0.15, 0.2) is 36.5 Å². The van der Waals surface area contributed by atoms with Crippen LogP contribution in [-0.4, -0.2) is 30.5 Å². The lowest BCUT2D eigenvalue weighted by atomic mass is 10.0. The highest BCUT2D eigenvalue weighted by molar-refractivity contribution is 6.05. The molecule has 0 saturated carbocycles. The second kappa shape index (κ2) is 7.43. The number of carbonyl (C=O) groups is 1. The van der Waals surface area contributed by atoms with Crippen LogP contribution in [0.5, 0.6) is 0 Å². The highest BCUT2D eigenvalue weighted by Crippen LogP contribution is 2.16. The van der Waals surface area contributed by atoms with Crippen molar-refractivity contribution in [2.45, 2.75) is 0 Å². The van der Waals surface area contributed by atoms with E-state index in [4.69, 9.17) is 0 Å². The number of amides is 1. The molecule has 0 bridgehead atoms. The van der Waals surface area contributed by atoms with Gasteiger partial charge < -0.3 is 10.6 Å². The Bertz CT molecular complexity index is 582. The summed E-state index contributed by atoms with van der Waals surface area (Å²) in [6.45, 7) is 2.70. The largest absolute Gasteiger partial charge is 0.350 e. The molecule has 1 saturated heterocycles. The van der Waals surface area contributed by atoms with Gasteiger partial charge in [-0.1, -0.05) is 24.3 Å². The first-order valence-corrected chi connectivity index (χ1v) is 6.17. The third kappa shape index (κ3) is 3.39. The molecule has 2 heterocycles. The van der Waals surface area contributed by atoms with E-state index in [0.29, 0.717) is 11.6 Å². The average Bonchev–Trinajstić information content (AvgIpc) is 2.36. The average molecular weight is 314 g/mol. The Morgan fingerprint density at radius 1 is 1.25 bits per heavy atom. The van der Waals surface area contributed by atoms with E-state index in [1.165, 1.54) is 0 Å². The first kappa shape index (κ1) is 16.7. The molecule has 0 unspecified atom stereocenters. The smallest absolute Gasteiger partial charge is 0.270 e. The number of nitrogens with zero attached hydrogens (tertiary/aromatic N) is 1. The number of nitrogens with one attached hydrogen (secondary N) is 2. The van der Waals surface area contributed by atoms with Gasteiger partial charge in [-0.25, -0.2) is 0 Å². The number of benzene rings is 1. The van der Waals surface area contributed by atoms with E-state index in [2.05, 4.69) is 15.6 Å². The third-order valence-corrected chi connectivity index (χ3v) is 3.31. The van der Waals surface area contributed by atoms with Gasteiger partial charge in [0.05, 0.1) is 0 Å². The zero-order valence-electron chi connectivity index (χ0n) is 10.8. The van der Waals surface area contributed by atoms with Gasteiger partial charge in [0.15, 0.2) is 0 Å². The molecule has 4 nitrogen and oxygen atoms in total. The number of halogens is 2. The Morgan fingerprint density at radius 3 is 2.70 bits per heavy atom. The summed E-state index contributed by atoms with van der Waals surface area (Å²) in [5.74, 6) is 0.475. The number of rotatable bonds is 3. The van der Waals surface area contributed by atoms with Crippen LogP contribution in [0.2, 0.25) is 0 Å². The molecule has 2 N–H and O–H groups in total. The molecule has 0 radical (unpaired) electrons. The molecule has 1 aromatic carbocycles. The summed E-state index contributed by atoms with van der Waals surface area (Å²) in [5, 5.41) is 8.09. The minimum atomic E-state index is -0.0845. The predicted molar refractivity (Wildman–Crippen MR) is 84.9 cm³/mol. The lowest BCUT2D eigenvalue weighted by molar-refractivity contribution is 0.0939. The van der Waals surface area contributed by atoms with Crippen molar-refractivity contribution in [3.8, 4) is 0 Å². The molecule has 2 aromatic rings. The van der Waals surface area contributed by atoms with Gasteiger partial charge in [0, 0.05) is 37.1 Å². The second-order valence-corrected chi connectivity index (χ2v) is 4.61. The SMILES string of the molecule is Cl.Cl.O=C(NCC1CNC1)c1nccc2ccccc12. The number of hydrogen-bond donors (Lipinski definition) is 2. The molecule has 6 heteroatoms. The van der Waals surface area contributed by atoms with E-state index < -0.39 is 0 Å². The summed E-state index contributed by atoms with van der Waals surface area (Å²) in [7, 11) is 0. The van der Waals surface area contributed by atoms with E-state index >= 15 is 0 Å². The molecule has 108 valence electrons. The van der Waals surface area contributed by atoms with Crippen LogP contribution in [0.1, 0.15) is 10.5 Å². The normalized spacial score (nSPS) is 13.8. The first-order chi connectivity index (χ1) is 8.84. The summed E-state index contributed by atoms with van der Waals surface area (Å²) in [5.41, 5.74) is 0.514. The summed E-state index contributed by atoms with van der Waals surface area (Å²) in [6.07, 6.45) is 1.68. The fraction of sp³-hybridized carbons (Fsp3) is 0.286. The monoisotopic (exact) mass is 313 g/mol. The van der Waals surface area contributed by atoms with Crippen LogP contribution >= 0.6 is 24.8 Å². The Morgan fingerprint density at radius 2 is 2.00 bits per heavy atom. The molecule has 0 aliphatic carbocycles. The summed E-state index contributed by atoms with van der Waals surface area (Å²) >= 11 is 0. The van der Waals surface area contributed by atoms with Gasteiger partial charge in [-0.15, -0.1) is 24.8 Å². The molecule has 1 aliphatic rings.